The highest BCUT2D eigenvalue weighted by Gasteiger charge is 2.53. The normalized spacial score (nSPS) is 22.2. The van der Waals surface area contributed by atoms with Crippen molar-refractivity contribution in [3.8, 4) is 0 Å². The Bertz CT molecular complexity index is 441. The van der Waals surface area contributed by atoms with Gasteiger partial charge in [-0.05, 0) is 25.0 Å². The Morgan fingerprint density at radius 2 is 1.54 bits per heavy atom. The molecule has 0 aromatic carbocycles. The molecule has 1 aliphatic carbocycles. The van der Waals surface area contributed by atoms with Crippen molar-refractivity contribution in [1.82, 2.24) is 0 Å². The molecule has 0 aromatic heterocycles. The average molecular weight is 368 g/mol. The molecule has 4 N–H and O–H groups in total. The zero-order chi connectivity index (χ0) is 19.4. The van der Waals surface area contributed by atoms with Gasteiger partial charge in [0.15, 0.2) is 0 Å². The van der Waals surface area contributed by atoms with E-state index in [1.165, 1.54) is 12.2 Å². The summed E-state index contributed by atoms with van der Waals surface area (Å²) in [5.41, 5.74) is -1.59. The van der Waals surface area contributed by atoms with E-state index in [2.05, 4.69) is 13.8 Å². The lowest BCUT2D eigenvalue weighted by molar-refractivity contribution is 0.0175. The summed E-state index contributed by atoms with van der Waals surface area (Å²) in [7, 11) is -3.67. The predicted molar refractivity (Wildman–Crippen MR) is 104 cm³/mol. The molecule has 0 saturated carbocycles. The summed E-state index contributed by atoms with van der Waals surface area (Å²) in [4.78, 5) is 0. The lowest BCUT2D eigenvalue weighted by atomic mass is 9.49. The molecule has 0 bridgehead atoms. The fourth-order valence-electron chi connectivity index (χ4n) is 3.08. The Labute approximate surface area is 158 Å². The van der Waals surface area contributed by atoms with Crippen LogP contribution in [-0.2, 0) is 9.47 Å². The first kappa shape index (κ1) is 23.2. The zero-order valence-electron chi connectivity index (χ0n) is 16.1. The van der Waals surface area contributed by atoms with Gasteiger partial charge in [0.2, 0.25) is 0 Å². The van der Waals surface area contributed by atoms with E-state index in [1.807, 2.05) is 0 Å². The smallest absolute Gasteiger partial charge is 0.490 e. The molecule has 148 valence electrons. The van der Waals surface area contributed by atoms with Gasteiger partial charge in [0.25, 0.3) is 0 Å². The minimum Gasteiger partial charge on any atom is -0.494 e. The lowest BCUT2D eigenvalue weighted by Crippen LogP contribution is -2.55. The second-order valence-electron chi connectivity index (χ2n) is 6.89. The zero-order valence-corrected chi connectivity index (χ0v) is 16.1. The summed E-state index contributed by atoms with van der Waals surface area (Å²) in [5.74, 6) is -0.533. The van der Waals surface area contributed by atoms with Crippen LogP contribution >= 0.6 is 0 Å². The molecule has 8 heteroatoms. The van der Waals surface area contributed by atoms with Crippen LogP contribution in [0.2, 0.25) is 5.82 Å². The average Bonchev–Trinajstić information content (AvgIpc) is 2.61. The molecule has 0 amide bonds. The van der Waals surface area contributed by atoms with Crippen molar-refractivity contribution >= 4 is 14.2 Å². The van der Waals surface area contributed by atoms with Crippen LogP contribution in [0, 0.1) is 0 Å². The number of ether oxygens (including phenoxy) is 2. The molecule has 0 aliphatic heterocycles. The summed E-state index contributed by atoms with van der Waals surface area (Å²) in [6, 6.07) is 0. The number of unbranched alkanes of at least 4 members (excludes halogenated alkanes) is 6. The molecule has 0 spiro atoms. The minimum atomic E-state index is -1.88. The number of hydrogen-bond donors (Lipinski definition) is 4. The molecule has 2 unspecified atom stereocenters. The van der Waals surface area contributed by atoms with Crippen LogP contribution in [0.3, 0.4) is 0 Å². The fourth-order valence-corrected chi connectivity index (χ4v) is 3.08. The van der Waals surface area contributed by atoms with E-state index in [-0.39, 0.29) is 0 Å². The van der Waals surface area contributed by atoms with E-state index in [1.54, 1.807) is 6.08 Å². The Morgan fingerprint density at radius 3 is 2.08 bits per heavy atom. The van der Waals surface area contributed by atoms with Crippen molar-refractivity contribution < 1.29 is 29.6 Å². The van der Waals surface area contributed by atoms with Gasteiger partial charge in [-0.3, -0.25) is 0 Å². The number of hydrogen-bond acceptors (Lipinski definition) is 6. The molecule has 0 heterocycles. The quantitative estimate of drug-likeness (QED) is 0.277. The third-order valence-corrected chi connectivity index (χ3v) is 4.71. The summed E-state index contributed by atoms with van der Waals surface area (Å²) in [6.45, 7) is 5.10. The van der Waals surface area contributed by atoms with Crippen molar-refractivity contribution in [3.05, 3.63) is 24.0 Å². The first-order chi connectivity index (χ1) is 12.5. The van der Waals surface area contributed by atoms with Crippen LogP contribution in [-0.4, -0.2) is 53.0 Å². The predicted octanol–water partition coefficient (Wildman–Crippen LogP) is 2.23. The van der Waals surface area contributed by atoms with E-state index < -0.39 is 25.6 Å². The molecular formula is C18H34B2O6. The topological polar surface area (TPSA) is 99.4 Å². The summed E-state index contributed by atoms with van der Waals surface area (Å²) >= 11 is 0. The van der Waals surface area contributed by atoms with Crippen molar-refractivity contribution in [2.24, 2.45) is 0 Å². The van der Waals surface area contributed by atoms with Crippen LogP contribution in [0.25, 0.3) is 0 Å². The number of rotatable bonds is 14. The third-order valence-electron chi connectivity index (χ3n) is 4.71. The highest BCUT2D eigenvalue weighted by Crippen LogP contribution is 2.38. The molecule has 2 atom stereocenters. The largest absolute Gasteiger partial charge is 0.494 e. The van der Waals surface area contributed by atoms with Crippen molar-refractivity contribution in [1.29, 1.82) is 0 Å². The molecule has 6 nitrogen and oxygen atoms in total. The van der Waals surface area contributed by atoms with Crippen molar-refractivity contribution in [3.63, 3.8) is 0 Å². The van der Waals surface area contributed by atoms with Crippen LogP contribution in [0.1, 0.15) is 65.2 Å². The summed E-state index contributed by atoms with van der Waals surface area (Å²) < 4.78 is 11.4. The summed E-state index contributed by atoms with van der Waals surface area (Å²) in [5, 5.41) is 39.4. The van der Waals surface area contributed by atoms with Crippen LogP contribution < -0.4 is 0 Å². The highest BCUT2D eigenvalue weighted by molar-refractivity contribution is 6.53. The highest BCUT2D eigenvalue weighted by atomic mass is 16.5. The first-order valence-electron chi connectivity index (χ1n) is 9.88. The Morgan fingerprint density at radius 1 is 0.923 bits per heavy atom. The molecular weight excluding hydrogens is 334 g/mol. The van der Waals surface area contributed by atoms with E-state index >= 15 is 0 Å². The van der Waals surface area contributed by atoms with E-state index in [0.717, 1.165) is 51.4 Å². The molecule has 26 heavy (non-hydrogen) atoms. The van der Waals surface area contributed by atoms with E-state index in [9.17, 15) is 20.1 Å². The van der Waals surface area contributed by atoms with Crippen LogP contribution in [0.4, 0.5) is 0 Å². The Balaban J connectivity index is 2.71. The van der Waals surface area contributed by atoms with Gasteiger partial charge in [-0.2, -0.15) is 0 Å². The summed E-state index contributed by atoms with van der Waals surface area (Å²) in [6.07, 6.45) is 12.8. The maximum atomic E-state index is 9.90. The van der Waals surface area contributed by atoms with E-state index in [4.69, 9.17) is 9.47 Å². The Hall–Kier alpha value is -0.790. The SMILES string of the molecule is CCCCCCOC1=CC(B(O)O)C(OCCCCCC)(B(O)O)C=C1. The van der Waals surface area contributed by atoms with Crippen molar-refractivity contribution in [2.45, 2.75) is 76.5 Å². The van der Waals surface area contributed by atoms with Gasteiger partial charge in [-0.15, -0.1) is 0 Å². The minimum absolute atomic E-state index is 0.312. The van der Waals surface area contributed by atoms with Gasteiger partial charge in [0.05, 0.1) is 6.61 Å². The second-order valence-corrected chi connectivity index (χ2v) is 6.89. The van der Waals surface area contributed by atoms with Crippen LogP contribution in [0.15, 0.2) is 24.0 Å². The third kappa shape index (κ3) is 7.08. The van der Waals surface area contributed by atoms with Gasteiger partial charge >= 0.3 is 14.2 Å². The van der Waals surface area contributed by atoms with Gasteiger partial charge < -0.3 is 29.6 Å². The van der Waals surface area contributed by atoms with Gasteiger partial charge in [0, 0.05) is 12.4 Å². The standard InChI is InChI=1S/C18H34B2O6/c1-3-5-7-9-13-25-16-11-12-18(20(23)24,17(15-16)19(21)22)26-14-10-8-6-4-2/h11-12,15,17,21-24H,3-10,13-14H2,1-2H3. The molecule has 0 saturated heterocycles. The lowest BCUT2D eigenvalue weighted by Gasteiger charge is -2.38. The van der Waals surface area contributed by atoms with Gasteiger partial charge in [-0.25, -0.2) is 0 Å². The van der Waals surface area contributed by atoms with E-state index in [0.29, 0.717) is 19.0 Å². The molecule has 0 fully saturated rings. The van der Waals surface area contributed by atoms with Crippen LogP contribution in [0.5, 0.6) is 0 Å². The Kier molecular flexibility index (Phi) is 11.2. The van der Waals surface area contributed by atoms with Gasteiger partial charge in [0.1, 0.15) is 11.3 Å². The monoisotopic (exact) mass is 368 g/mol. The first-order valence-corrected chi connectivity index (χ1v) is 9.88. The molecule has 1 rings (SSSR count). The number of allylic oxidation sites excluding steroid dienone is 1. The second kappa shape index (κ2) is 12.6. The fraction of sp³-hybridized carbons (Fsp3) is 0.778. The maximum absolute atomic E-state index is 9.90. The maximum Gasteiger partial charge on any atom is 0.490 e. The molecule has 0 radical (unpaired) electrons. The van der Waals surface area contributed by atoms with Crippen molar-refractivity contribution in [2.75, 3.05) is 13.2 Å². The van der Waals surface area contributed by atoms with Gasteiger partial charge in [-0.1, -0.05) is 58.4 Å². The molecule has 1 aliphatic rings. The molecule has 0 aromatic rings.